The number of rotatable bonds is 37. The summed E-state index contributed by atoms with van der Waals surface area (Å²) in [6, 6.07) is 0. The lowest BCUT2D eigenvalue weighted by Crippen LogP contribution is -2.47. The number of unbranched alkanes of at least 4 members (excludes halogenated alkanes) is 29. The van der Waals surface area contributed by atoms with Crippen molar-refractivity contribution in [2.75, 3.05) is 39.3 Å². The minimum Gasteiger partial charge on any atom is -0.301 e. The Labute approximate surface area is 293 Å². The second-order valence-corrected chi connectivity index (χ2v) is 15.8. The molecule has 2 nitrogen and oxygen atoms in total. The molecule has 0 spiro atoms. The summed E-state index contributed by atoms with van der Waals surface area (Å²) in [6.45, 7) is 15.0. The van der Waals surface area contributed by atoms with Crippen LogP contribution in [-0.4, -0.2) is 49.1 Å². The van der Waals surface area contributed by atoms with Crippen LogP contribution in [0.4, 0.5) is 0 Å². The normalized spacial score (nSPS) is 15.2. The van der Waals surface area contributed by atoms with Crippen LogP contribution in [0.2, 0.25) is 0 Å². The van der Waals surface area contributed by atoms with Gasteiger partial charge in [-0.1, -0.05) is 220 Å². The quantitative estimate of drug-likeness (QED) is 0.0620. The van der Waals surface area contributed by atoms with Crippen LogP contribution in [-0.2, 0) is 0 Å². The molecule has 2 heteroatoms. The molecule has 0 aromatic rings. The Morgan fingerprint density at radius 3 is 0.891 bits per heavy atom. The Morgan fingerprint density at radius 1 is 0.304 bits per heavy atom. The van der Waals surface area contributed by atoms with Crippen molar-refractivity contribution >= 4 is 0 Å². The van der Waals surface area contributed by atoms with Gasteiger partial charge in [-0.3, -0.25) is 0 Å². The molecule has 0 aromatic carbocycles. The van der Waals surface area contributed by atoms with Gasteiger partial charge in [0.1, 0.15) is 0 Å². The predicted octanol–water partition coefficient (Wildman–Crippen LogP) is 14.5. The highest BCUT2D eigenvalue weighted by atomic mass is 15.3. The molecule has 0 bridgehead atoms. The molecule has 1 saturated heterocycles. The molecule has 1 heterocycles. The third-order valence-electron chi connectivity index (χ3n) is 11.2. The Hall–Kier alpha value is -0.0800. The van der Waals surface area contributed by atoms with Crippen molar-refractivity contribution in [1.82, 2.24) is 9.80 Å². The summed E-state index contributed by atoms with van der Waals surface area (Å²) in [4.78, 5) is 5.64. The van der Waals surface area contributed by atoms with Gasteiger partial charge < -0.3 is 9.80 Å². The zero-order valence-electron chi connectivity index (χ0n) is 32.8. The summed E-state index contributed by atoms with van der Waals surface area (Å²) in [5.41, 5.74) is 0. The number of hydrogen-bond donors (Lipinski definition) is 0. The van der Waals surface area contributed by atoms with E-state index in [-0.39, 0.29) is 0 Å². The van der Waals surface area contributed by atoms with Gasteiger partial charge in [-0.2, -0.15) is 0 Å². The molecule has 0 amide bonds. The molecule has 0 aliphatic carbocycles. The van der Waals surface area contributed by atoms with E-state index in [1.165, 1.54) is 258 Å². The first-order valence-corrected chi connectivity index (χ1v) is 22.2. The Balaban J connectivity index is 2.12. The molecule has 46 heavy (non-hydrogen) atoms. The lowest BCUT2D eigenvalue weighted by atomic mass is 9.93. The van der Waals surface area contributed by atoms with Gasteiger partial charge in [0.25, 0.3) is 0 Å². The van der Waals surface area contributed by atoms with Crippen LogP contribution in [0.1, 0.15) is 239 Å². The summed E-state index contributed by atoms with van der Waals surface area (Å²) < 4.78 is 0. The van der Waals surface area contributed by atoms with Gasteiger partial charge in [-0.25, -0.2) is 0 Å². The smallest absolute Gasteiger partial charge is 0.0110 e. The molecule has 1 atom stereocenters. The van der Waals surface area contributed by atoms with E-state index in [1.54, 1.807) is 0 Å². The second kappa shape index (κ2) is 36.2. The average Bonchev–Trinajstić information content (AvgIpc) is 3.07. The third-order valence-corrected chi connectivity index (χ3v) is 11.2. The fourth-order valence-corrected chi connectivity index (χ4v) is 7.90. The minimum atomic E-state index is 0.950. The van der Waals surface area contributed by atoms with Crippen molar-refractivity contribution < 1.29 is 0 Å². The summed E-state index contributed by atoms with van der Waals surface area (Å²) in [6.07, 6.45) is 49.7. The van der Waals surface area contributed by atoms with Crippen LogP contribution in [0, 0.1) is 5.92 Å². The molecule has 1 fully saturated rings. The highest BCUT2D eigenvalue weighted by Gasteiger charge is 2.20. The highest BCUT2D eigenvalue weighted by molar-refractivity contribution is 4.75. The first-order valence-electron chi connectivity index (χ1n) is 22.2. The average molecular weight is 647 g/mol. The summed E-state index contributed by atoms with van der Waals surface area (Å²) in [5.74, 6) is 0.950. The predicted molar refractivity (Wildman–Crippen MR) is 210 cm³/mol. The van der Waals surface area contributed by atoms with Gasteiger partial charge >= 0.3 is 0 Å². The van der Waals surface area contributed by atoms with Gasteiger partial charge in [0.2, 0.25) is 0 Å². The monoisotopic (exact) mass is 647 g/mol. The zero-order chi connectivity index (χ0) is 33.0. The fraction of sp³-hybridized carbons (Fsp3) is 1.00. The second-order valence-electron chi connectivity index (χ2n) is 15.8. The van der Waals surface area contributed by atoms with E-state index < -0.39 is 0 Å². The van der Waals surface area contributed by atoms with Crippen molar-refractivity contribution in [3.8, 4) is 0 Å². The molecule has 0 aromatic heterocycles. The van der Waals surface area contributed by atoms with Crippen molar-refractivity contribution in [3.05, 3.63) is 0 Å². The van der Waals surface area contributed by atoms with Gasteiger partial charge in [0.05, 0.1) is 0 Å². The third kappa shape index (κ3) is 30.0. The Morgan fingerprint density at radius 2 is 0.565 bits per heavy atom. The number of nitrogens with zero attached hydrogens (tertiary/aromatic N) is 2. The molecular formula is C44H90N2. The minimum absolute atomic E-state index is 0.950. The maximum atomic E-state index is 2.85. The lowest BCUT2D eigenvalue weighted by Gasteiger charge is -2.36. The van der Waals surface area contributed by atoms with Crippen molar-refractivity contribution in [1.29, 1.82) is 0 Å². The summed E-state index contributed by atoms with van der Waals surface area (Å²) in [7, 11) is 0. The Kier molecular flexibility index (Phi) is 34.6. The largest absolute Gasteiger partial charge is 0.301 e. The topological polar surface area (TPSA) is 6.48 Å². The first kappa shape index (κ1) is 43.9. The van der Waals surface area contributed by atoms with E-state index in [9.17, 15) is 0 Å². The maximum absolute atomic E-state index is 2.85. The van der Waals surface area contributed by atoms with E-state index in [2.05, 4.69) is 30.6 Å². The first-order chi connectivity index (χ1) is 22.8. The zero-order valence-corrected chi connectivity index (χ0v) is 32.8. The molecule has 1 aliphatic rings. The van der Waals surface area contributed by atoms with E-state index in [4.69, 9.17) is 0 Å². The van der Waals surface area contributed by atoms with Gasteiger partial charge in [-0.15, -0.1) is 0 Å². The molecular weight excluding hydrogens is 556 g/mol. The molecule has 0 saturated carbocycles. The van der Waals surface area contributed by atoms with Gasteiger partial charge in [-0.05, 0) is 31.7 Å². The summed E-state index contributed by atoms with van der Waals surface area (Å²) in [5, 5.41) is 0. The van der Waals surface area contributed by atoms with Crippen LogP contribution < -0.4 is 0 Å². The summed E-state index contributed by atoms with van der Waals surface area (Å²) >= 11 is 0. The lowest BCUT2D eigenvalue weighted by molar-refractivity contribution is 0.111. The van der Waals surface area contributed by atoms with Crippen LogP contribution in [0.15, 0.2) is 0 Å². The van der Waals surface area contributed by atoms with Gasteiger partial charge in [0, 0.05) is 32.7 Å². The molecule has 1 unspecified atom stereocenters. The standard InChI is InChI=1S/C44H90N2/c1-4-7-10-13-16-19-21-22-23-24-26-29-32-35-38-45-39-41-46(42-40-45)43-44(36-33-30-27-18-15-12-9-6-3)37-34-31-28-25-20-17-14-11-8-5-2/h44H,4-43H2,1-3H3. The van der Waals surface area contributed by atoms with E-state index >= 15 is 0 Å². The van der Waals surface area contributed by atoms with Crippen molar-refractivity contribution in [3.63, 3.8) is 0 Å². The van der Waals surface area contributed by atoms with Crippen LogP contribution >= 0.6 is 0 Å². The van der Waals surface area contributed by atoms with Gasteiger partial charge in [0.15, 0.2) is 0 Å². The molecule has 1 rings (SSSR count). The Bertz CT molecular complexity index is 554. The van der Waals surface area contributed by atoms with Crippen LogP contribution in [0.3, 0.4) is 0 Å². The van der Waals surface area contributed by atoms with Crippen molar-refractivity contribution in [2.24, 2.45) is 5.92 Å². The molecule has 0 radical (unpaired) electrons. The molecule has 0 N–H and O–H groups in total. The van der Waals surface area contributed by atoms with E-state index in [0.29, 0.717) is 0 Å². The van der Waals surface area contributed by atoms with Crippen molar-refractivity contribution in [2.45, 2.75) is 239 Å². The maximum Gasteiger partial charge on any atom is 0.0110 e. The fourth-order valence-electron chi connectivity index (χ4n) is 7.90. The van der Waals surface area contributed by atoms with E-state index in [1.807, 2.05) is 0 Å². The SMILES string of the molecule is CCCCCCCCCCCCCCCCN1CCN(CC(CCCCCCCCCC)CCCCCCCCCCCC)CC1. The van der Waals surface area contributed by atoms with E-state index in [0.717, 1.165) is 5.92 Å². The number of hydrogen-bond acceptors (Lipinski definition) is 2. The van der Waals surface area contributed by atoms with Crippen LogP contribution in [0.5, 0.6) is 0 Å². The highest BCUT2D eigenvalue weighted by Crippen LogP contribution is 2.22. The molecule has 1 aliphatic heterocycles. The van der Waals surface area contributed by atoms with Crippen LogP contribution in [0.25, 0.3) is 0 Å². The number of piperazine rings is 1. The molecule has 276 valence electrons.